The standard InChI is InChI=1S/C12H22N4O/c1-16(2)7-6-11-14-12(17-15-11)9-4-3-5-10(13)8-9/h9-10H,3-8,13H2,1-2H3. The van der Waals surface area contributed by atoms with E-state index in [1.807, 2.05) is 14.1 Å². The molecule has 1 aromatic heterocycles. The summed E-state index contributed by atoms with van der Waals surface area (Å²) in [5.74, 6) is 1.97. The highest BCUT2D eigenvalue weighted by molar-refractivity contribution is 4.97. The van der Waals surface area contributed by atoms with Gasteiger partial charge in [0.2, 0.25) is 5.89 Å². The average molecular weight is 238 g/mol. The lowest BCUT2D eigenvalue weighted by molar-refractivity contribution is 0.297. The minimum absolute atomic E-state index is 0.297. The number of aromatic nitrogens is 2. The summed E-state index contributed by atoms with van der Waals surface area (Å²) in [6, 6.07) is 0.297. The molecule has 0 aromatic carbocycles. The molecule has 1 fully saturated rings. The van der Waals surface area contributed by atoms with E-state index in [1.165, 1.54) is 6.42 Å². The molecule has 2 rings (SSSR count). The second kappa shape index (κ2) is 5.60. The molecule has 0 bridgehead atoms. The zero-order valence-electron chi connectivity index (χ0n) is 10.7. The number of nitrogens with two attached hydrogens (primary N) is 1. The van der Waals surface area contributed by atoms with Gasteiger partial charge in [-0.05, 0) is 33.4 Å². The highest BCUT2D eigenvalue weighted by atomic mass is 16.5. The molecular formula is C12H22N4O. The normalized spacial score (nSPS) is 25.4. The molecule has 1 aliphatic rings. The van der Waals surface area contributed by atoms with Crippen LogP contribution < -0.4 is 5.73 Å². The monoisotopic (exact) mass is 238 g/mol. The van der Waals surface area contributed by atoms with Gasteiger partial charge in [-0.3, -0.25) is 0 Å². The Balaban J connectivity index is 1.92. The zero-order chi connectivity index (χ0) is 12.3. The Bertz CT molecular complexity index is 350. The first-order valence-corrected chi connectivity index (χ1v) is 6.38. The smallest absolute Gasteiger partial charge is 0.229 e. The zero-order valence-corrected chi connectivity index (χ0v) is 10.7. The third kappa shape index (κ3) is 3.51. The maximum Gasteiger partial charge on any atom is 0.229 e. The summed E-state index contributed by atoms with van der Waals surface area (Å²) in [4.78, 5) is 6.60. The highest BCUT2D eigenvalue weighted by Crippen LogP contribution is 2.30. The van der Waals surface area contributed by atoms with Gasteiger partial charge in [-0.1, -0.05) is 11.6 Å². The van der Waals surface area contributed by atoms with E-state index in [0.29, 0.717) is 12.0 Å². The average Bonchev–Trinajstić information content (AvgIpc) is 2.75. The van der Waals surface area contributed by atoms with Gasteiger partial charge in [-0.15, -0.1) is 0 Å². The SMILES string of the molecule is CN(C)CCc1noc(C2CCCC(N)C2)n1. The van der Waals surface area contributed by atoms with E-state index in [9.17, 15) is 0 Å². The fourth-order valence-electron chi connectivity index (χ4n) is 2.31. The van der Waals surface area contributed by atoms with Gasteiger partial charge in [0.1, 0.15) is 0 Å². The van der Waals surface area contributed by atoms with Crippen molar-refractivity contribution in [2.24, 2.45) is 5.73 Å². The van der Waals surface area contributed by atoms with Crippen molar-refractivity contribution in [2.75, 3.05) is 20.6 Å². The van der Waals surface area contributed by atoms with Crippen molar-refractivity contribution in [1.29, 1.82) is 0 Å². The molecule has 0 spiro atoms. The third-order valence-electron chi connectivity index (χ3n) is 3.33. The maximum absolute atomic E-state index is 5.97. The number of hydrogen-bond donors (Lipinski definition) is 1. The maximum atomic E-state index is 5.97. The quantitative estimate of drug-likeness (QED) is 0.852. The molecule has 2 N–H and O–H groups in total. The lowest BCUT2D eigenvalue weighted by Gasteiger charge is -2.23. The van der Waals surface area contributed by atoms with E-state index in [2.05, 4.69) is 15.0 Å². The molecule has 5 nitrogen and oxygen atoms in total. The van der Waals surface area contributed by atoms with Crippen molar-refractivity contribution in [3.05, 3.63) is 11.7 Å². The van der Waals surface area contributed by atoms with Crippen molar-refractivity contribution in [1.82, 2.24) is 15.0 Å². The van der Waals surface area contributed by atoms with E-state index in [4.69, 9.17) is 10.3 Å². The summed E-state index contributed by atoms with van der Waals surface area (Å²) < 4.78 is 5.35. The fourth-order valence-corrected chi connectivity index (χ4v) is 2.31. The van der Waals surface area contributed by atoms with Crippen LogP contribution in [-0.2, 0) is 6.42 Å². The van der Waals surface area contributed by atoms with Gasteiger partial charge in [0.05, 0.1) is 0 Å². The Hall–Kier alpha value is -0.940. The first-order chi connectivity index (χ1) is 8.15. The van der Waals surface area contributed by atoms with Gasteiger partial charge in [0.15, 0.2) is 5.82 Å². The van der Waals surface area contributed by atoms with Crippen LogP contribution in [0.4, 0.5) is 0 Å². The van der Waals surface area contributed by atoms with Gasteiger partial charge in [-0.25, -0.2) is 0 Å². The molecule has 0 aliphatic heterocycles. The molecule has 5 heteroatoms. The number of nitrogens with zero attached hydrogens (tertiary/aromatic N) is 3. The van der Waals surface area contributed by atoms with Crippen molar-refractivity contribution in [3.8, 4) is 0 Å². The summed E-state index contributed by atoms with van der Waals surface area (Å²) in [7, 11) is 4.09. The van der Waals surface area contributed by atoms with Gasteiger partial charge in [0.25, 0.3) is 0 Å². The highest BCUT2D eigenvalue weighted by Gasteiger charge is 2.25. The van der Waals surface area contributed by atoms with Crippen LogP contribution in [0.15, 0.2) is 4.52 Å². The first-order valence-electron chi connectivity index (χ1n) is 6.38. The van der Waals surface area contributed by atoms with Crippen LogP contribution in [0.3, 0.4) is 0 Å². The molecule has 1 heterocycles. The van der Waals surface area contributed by atoms with Crippen molar-refractivity contribution < 1.29 is 4.52 Å². The molecular weight excluding hydrogens is 216 g/mol. The number of rotatable bonds is 4. The van der Waals surface area contributed by atoms with Crippen LogP contribution in [0.5, 0.6) is 0 Å². The number of likely N-dealkylation sites (N-methyl/N-ethyl adjacent to an activating group) is 1. The summed E-state index contributed by atoms with van der Waals surface area (Å²) >= 11 is 0. The topological polar surface area (TPSA) is 68.2 Å². The Morgan fingerprint density at radius 3 is 2.94 bits per heavy atom. The Kier molecular flexibility index (Phi) is 4.12. The van der Waals surface area contributed by atoms with Gasteiger partial charge < -0.3 is 15.2 Å². The predicted octanol–water partition coefficient (Wildman–Crippen LogP) is 1.16. The molecule has 2 unspecified atom stereocenters. The summed E-state index contributed by atoms with van der Waals surface area (Å²) in [5, 5.41) is 4.03. The van der Waals surface area contributed by atoms with Crippen LogP contribution in [0.2, 0.25) is 0 Å². The molecule has 2 atom stereocenters. The van der Waals surface area contributed by atoms with Gasteiger partial charge >= 0.3 is 0 Å². The van der Waals surface area contributed by atoms with Crippen LogP contribution in [0.25, 0.3) is 0 Å². The number of hydrogen-bond acceptors (Lipinski definition) is 5. The summed E-state index contributed by atoms with van der Waals surface area (Å²) in [6.07, 6.45) is 5.24. The molecule has 17 heavy (non-hydrogen) atoms. The van der Waals surface area contributed by atoms with E-state index in [1.54, 1.807) is 0 Å². The van der Waals surface area contributed by atoms with E-state index < -0.39 is 0 Å². The Labute approximate surface area is 102 Å². The Morgan fingerprint density at radius 1 is 1.41 bits per heavy atom. The largest absolute Gasteiger partial charge is 0.339 e. The lowest BCUT2D eigenvalue weighted by atomic mass is 9.86. The van der Waals surface area contributed by atoms with Crippen molar-refractivity contribution >= 4 is 0 Å². The van der Waals surface area contributed by atoms with Crippen molar-refractivity contribution in [2.45, 2.75) is 44.1 Å². The van der Waals surface area contributed by atoms with Gasteiger partial charge in [0, 0.05) is 24.9 Å². The predicted molar refractivity (Wildman–Crippen MR) is 65.7 cm³/mol. The molecule has 0 radical (unpaired) electrons. The molecule has 0 saturated heterocycles. The molecule has 1 aliphatic carbocycles. The molecule has 96 valence electrons. The third-order valence-corrected chi connectivity index (χ3v) is 3.33. The van der Waals surface area contributed by atoms with E-state index >= 15 is 0 Å². The molecule has 0 amide bonds. The minimum atomic E-state index is 0.297. The van der Waals surface area contributed by atoms with Gasteiger partial charge in [-0.2, -0.15) is 4.98 Å². The van der Waals surface area contributed by atoms with Crippen LogP contribution >= 0.6 is 0 Å². The molecule has 1 saturated carbocycles. The fraction of sp³-hybridized carbons (Fsp3) is 0.833. The second-order valence-electron chi connectivity index (χ2n) is 5.23. The van der Waals surface area contributed by atoms with Crippen LogP contribution in [-0.4, -0.2) is 41.7 Å². The Morgan fingerprint density at radius 2 is 2.24 bits per heavy atom. The summed E-state index contributed by atoms with van der Waals surface area (Å²) in [5.41, 5.74) is 5.97. The molecule has 1 aromatic rings. The van der Waals surface area contributed by atoms with Crippen LogP contribution in [0.1, 0.15) is 43.3 Å². The van der Waals surface area contributed by atoms with E-state index in [0.717, 1.165) is 43.9 Å². The first kappa shape index (κ1) is 12.5. The van der Waals surface area contributed by atoms with E-state index in [-0.39, 0.29) is 0 Å². The second-order valence-corrected chi connectivity index (χ2v) is 5.23. The lowest BCUT2D eigenvalue weighted by Crippen LogP contribution is -2.27. The summed E-state index contributed by atoms with van der Waals surface area (Å²) in [6.45, 7) is 0.948. The van der Waals surface area contributed by atoms with Crippen molar-refractivity contribution in [3.63, 3.8) is 0 Å². The van der Waals surface area contributed by atoms with Crippen LogP contribution in [0, 0.1) is 0 Å². The minimum Gasteiger partial charge on any atom is -0.339 e.